The fourth-order valence-electron chi connectivity index (χ4n) is 2.47. The maximum Gasteiger partial charge on any atom is 0.329 e. The van der Waals surface area contributed by atoms with Gasteiger partial charge in [0.15, 0.2) is 0 Å². The van der Waals surface area contributed by atoms with Crippen molar-refractivity contribution in [1.82, 2.24) is 0 Å². The van der Waals surface area contributed by atoms with Crippen LogP contribution in [-0.2, 0) is 4.65 Å². The summed E-state index contributed by atoms with van der Waals surface area (Å²) < 4.78 is 5.97. The van der Waals surface area contributed by atoms with Crippen molar-refractivity contribution in [1.29, 1.82) is 0 Å². The van der Waals surface area contributed by atoms with Gasteiger partial charge in [-0.2, -0.15) is 0 Å². The maximum absolute atomic E-state index is 5.97. The fraction of sp³-hybridized carbons (Fsp3) is 0.625. The van der Waals surface area contributed by atoms with Crippen molar-refractivity contribution in [3.63, 3.8) is 0 Å². The number of nitrogens with two attached hydrogens (primary N) is 1. The number of unbranched alkanes of at least 4 members (excludes halogenated alkanes) is 3. The second-order valence-corrected chi connectivity index (χ2v) is 5.32. The summed E-state index contributed by atoms with van der Waals surface area (Å²) in [7, 11) is 0. The van der Waals surface area contributed by atoms with E-state index in [0.29, 0.717) is 19.0 Å². The second-order valence-electron chi connectivity index (χ2n) is 5.32. The quantitative estimate of drug-likeness (QED) is 0.518. The largest absolute Gasteiger partial charge is 0.429 e. The number of hydrogen-bond donors (Lipinski definition) is 1. The van der Waals surface area contributed by atoms with Crippen molar-refractivity contribution in [3.8, 4) is 0 Å². The van der Waals surface area contributed by atoms with Crippen LogP contribution < -0.4 is 11.2 Å². The van der Waals surface area contributed by atoms with Crippen molar-refractivity contribution in [2.24, 2.45) is 5.73 Å². The normalized spacial score (nSPS) is 12.4. The van der Waals surface area contributed by atoms with Crippen molar-refractivity contribution in [2.45, 2.75) is 51.8 Å². The molecular weight excluding hydrogens is 233 g/mol. The third kappa shape index (κ3) is 6.26. The molecule has 2 N–H and O–H groups in total. The number of rotatable bonds is 10. The van der Waals surface area contributed by atoms with Gasteiger partial charge in [0, 0.05) is 13.2 Å². The van der Waals surface area contributed by atoms with Crippen LogP contribution in [0.3, 0.4) is 0 Å². The molecular formula is C16H28BNO. The highest BCUT2D eigenvalue weighted by molar-refractivity contribution is 6.68. The summed E-state index contributed by atoms with van der Waals surface area (Å²) in [5, 5.41) is 0. The summed E-state index contributed by atoms with van der Waals surface area (Å²) in [4.78, 5) is 0. The molecule has 0 aromatic heterocycles. The van der Waals surface area contributed by atoms with Crippen LogP contribution in [0.15, 0.2) is 30.3 Å². The Morgan fingerprint density at radius 1 is 1.16 bits per heavy atom. The summed E-state index contributed by atoms with van der Waals surface area (Å²) >= 11 is 0. The summed E-state index contributed by atoms with van der Waals surface area (Å²) in [5.74, 6) is 0.547. The van der Waals surface area contributed by atoms with Gasteiger partial charge in [0.1, 0.15) is 0 Å². The van der Waals surface area contributed by atoms with E-state index in [1.54, 1.807) is 0 Å². The minimum absolute atomic E-state index is 0.186. The molecule has 0 spiro atoms. The molecule has 1 atom stereocenters. The van der Waals surface area contributed by atoms with E-state index in [4.69, 9.17) is 10.4 Å². The Bertz CT molecular complexity index is 318. The average molecular weight is 261 g/mol. The lowest BCUT2D eigenvalue weighted by Crippen LogP contribution is -2.38. The lowest BCUT2D eigenvalue weighted by Gasteiger charge is -2.21. The third-order valence-corrected chi connectivity index (χ3v) is 3.57. The highest BCUT2D eigenvalue weighted by Crippen LogP contribution is 2.19. The first-order valence-corrected chi connectivity index (χ1v) is 7.66. The van der Waals surface area contributed by atoms with Gasteiger partial charge in [-0.1, -0.05) is 76.3 Å². The first-order chi connectivity index (χ1) is 9.29. The van der Waals surface area contributed by atoms with Gasteiger partial charge in [0.2, 0.25) is 0 Å². The number of hydrogen-bond acceptors (Lipinski definition) is 2. The van der Waals surface area contributed by atoms with Gasteiger partial charge < -0.3 is 10.4 Å². The predicted octanol–water partition coefficient (Wildman–Crippen LogP) is 3.22. The summed E-state index contributed by atoms with van der Waals surface area (Å²) in [6, 6.07) is 10.5. The summed E-state index contributed by atoms with van der Waals surface area (Å²) in [5.41, 5.74) is 6.85. The number of benzene rings is 1. The van der Waals surface area contributed by atoms with Crippen molar-refractivity contribution in [2.75, 3.05) is 13.2 Å². The minimum atomic E-state index is 0.186. The van der Waals surface area contributed by atoms with E-state index in [-0.39, 0.29) is 6.92 Å². The minimum Gasteiger partial charge on any atom is -0.429 e. The van der Waals surface area contributed by atoms with Crippen LogP contribution in [0.25, 0.3) is 0 Å². The molecule has 0 aliphatic rings. The van der Waals surface area contributed by atoms with Crippen molar-refractivity contribution >= 4 is 12.4 Å². The molecule has 0 saturated carbocycles. The van der Waals surface area contributed by atoms with Crippen LogP contribution in [0.1, 0.15) is 46.0 Å². The Morgan fingerprint density at radius 2 is 1.89 bits per heavy atom. The van der Waals surface area contributed by atoms with Crippen LogP contribution in [-0.4, -0.2) is 20.1 Å². The van der Waals surface area contributed by atoms with Crippen molar-refractivity contribution < 1.29 is 4.65 Å². The van der Waals surface area contributed by atoms with Gasteiger partial charge in [-0.05, 0) is 11.3 Å². The van der Waals surface area contributed by atoms with Crippen LogP contribution in [0.2, 0.25) is 5.82 Å². The van der Waals surface area contributed by atoms with Crippen LogP contribution in [0, 0.1) is 0 Å². The smallest absolute Gasteiger partial charge is 0.329 e. The Morgan fingerprint density at radius 3 is 2.53 bits per heavy atom. The molecule has 0 bridgehead atoms. The average Bonchev–Trinajstić information content (AvgIpc) is 2.45. The first kappa shape index (κ1) is 16.3. The zero-order valence-corrected chi connectivity index (χ0v) is 12.5. The van der Waals surface area contributed by atoms with Crippen LogP contribution in [0.4, 0.5) is 0 Å². The molecule has 106 valence electrons. The zero-order valence-electron chi connectivity index (χ0n) is 12.5. The molecule has 3 heteroatoms. The second kappa shape index (κ2) is 10.0. The predicted molar refractivity (Wildman–Crippen MR) is 85.0 cm³/mol. The molecule has 0 unspecified atom stereocenters. The van der Waals surface area contributed by atoms with Gasteiger partial charge in [-0.3, -0.25) is 0 Å². The molecule has 0 saturated heterocycles. The molecule has 0 aliphatic heterocycles. The Balaban J connectivity index is 2.53. The lowest BCUT2D eigenvalue weighted by atomic mass is 9.50. The molecule has 19 heavy (non-hydrogen) atoms. The van der Waals surface area contributed by atoms with Crippen molar-refractivity contribution in [3.05, 3.63) is 30.3 Å². The molecule has 2 nitrogen and oxygen atoms in total. The molecule has 1 rings (SSSR count). The molecule has 0 heterocycles. The highest BCUT2D eigenvalue weighted by Gasteiger charge is 2.25. The van der Waals surface area contributed by atoms with E-state index in [9.17, 15) is 0 Å². The third-order valence-electron chi connectivity index (χ3n) is 3.57. The lowest BCUT2D eigenvalue weighted by molar-refractivity contribution is 0.328. The Hall–Kier alpha value is -0.795. The van der Waals surface area contributed by atoms with E-state index in [1.165, 1.54) is 37.6 Å². The maximum atomic E-state index is 5.97. The fourth-order valence-corrected chi connectivity index (χ4v) is 2.47. The topological polar surface area (TPSA) is 35.2 Å². The summed E-state index contributed by atoms with van der Waals surface area (Å²) in [6.07, 6.45) is 6.49. The first-order valence-electron chi connectivity index (χ1n) is 7.66. The molecule has 1 aromatic rings. The van der Waals surface area contributed by atoms with Gasteiger partial charge in [0.05, 0.1) is 0 Å². The van der Waals surface area contributed by atoms with Gasteiger partial charge in [-0.25, -0.2) is 0 Å². The molecule has 1 aromatic carbocycles. The van der Waals surface area contributed by atoms with E-state index < -0.39 is 0 Å². The van der Waals surface area contributed by atoms with Crippen LogP contribution in [0.5, 0.6) is 0 Å². The summed E-state index contributed by atoms with van der Waals surface area (Å²) in [6.45, 7) is 5.96. The molecule has 0 aliphatic carbocycles. The molecule has 0 fully saturated rings. The SMILES string of the molecule is CCCCCC[C@@H](C)B(OCCN)c1ccccc1. The monoisotopic (exact) mass is 261 g/mol. The van der Waals surface area contributed by atoms with E-state index in [1.807, 2.05) is 0 Å². The highest BCUT2D eigenvalue weighted by atomic mass is 16.4. The molecule has 0 radical (unpaired) electrons. The van der Waals surface area contributed by atoms with Crippen LogP contribution >= 0.6 is 0 Å². The Kier molecular flexibility index (Phi) is 8.60. The van der Waals surface area contributed by atoms with Gasteiger partial charge >= 0.3 is 6.92 Å². The Labute approximate surface area is 118 Å². The molecule has 0 amide bonds. The van der Waals surface area contributed by atoms with E-state index >= 15 is 0 Å². The van der Waals surface area contributed by atoms with E-state index in [2.05, 4.69) is 44.2 Å². The zero-order chi connectivity index (χ0) is 13.9. The standard InChI is InChI=1S/C16H28BNO/c1-3-4-5-7-10-15(2)17(19-14-13-18)16-11-8-6-9-12-16/h6,8-9,11-12,15H,3-5,7,10,13-14,18H2,1-2H3/t15-/m1/s1. The van der Waals surface area contributed by atoms with Gasteiger partial charge in [-0.15, -0.1) is 0 Å². The van der Waals surface area contributed by atoms with Gasteiger partial charge in [0.25, 0.3) is 0 Å². The van der Waals surface area contributed by atoms with E-state index in [0.717, 1.165) is 0 Å².